The number of rotatable bonds is 8. The monoisotopic (exact) mass is 442 g/mol. The van der Waals surface area contributed by atoms with Crippen LogP contribution < -0.4 is 4.74 Å². The summed E-state index contributed by atoms with van der Waals surface area (Å²) in [6.45, 7) is 12.3. The van der Waals surface area contributed by atoms with Gasteiger partial charge in [-0.25, -0.2) is 4.79 Å². The molecule has 0 aliphatic rings. The van der Waals surface area contributed by atoms with E-state index >= 15 is 0 Å². The van der Waals surface area contributed by atoms with Gasteiger partial charge < -0.3 is 19.1 Å². The average Bonchev–Trinajstić information content (AvgIpc) is 2.71. The lowest BCUT2D eigenvalue weighted by atomic mass is 9.99. The molecule has 1 heterocycles. The van der Waals surface area contributed by atoms with E-state index in [1.807, 2.05) is 58.9 Å². The third kappa shape index (κ3) is 6.97. The van der Waals surface area contributed by atoms with Gasteiger partial charge in [-0.05, 0) is 70.4 Å². The predicted molar refractivity (Wildman–Crippen MR) is 124 cm³/mol. The highest BCUT2D eigenvalue weighted by molar-refractivity contribution is 5.76. The van der Waals surface area contributed by atoms with Crippen LogP contribution in [0.5, 0.6) is 5.75 Å². The van der Waals surface area contributed by atoms with Crippen molar-refractivity contribution in [3.8, 4) is 17.0 Å². The molecule has 0 aliphatic heterocycles. The topological polar surface area (TPSA) is 78.0 Å². The van der Waals surface area contributed by atoms with Gasteiger partial charge in [-0.1, -0.05) is 12.1 Å². The first-order valence-corrected chi connectivity index (χ1v) is 10.8. The average molecular weight is 443 g/mol. The summed E-state index contributed by atoms with van der Waals surface area (Å²) < 4.78 is 16.2. The van der Waals surface area contributed by atoms with Gasteiger partial charge in [0.1, 0.15) is 11.4 Å². The quantitative estimate of drug-likeness (QED) is 0.540. The highest BCUT2D eigenvalue weighted by Crippen LogP contribution is 2.33. The van der Waals surface area contributed by atoms with Crippen LogP contribution in [0.2, 0.25) is 0 Å². The van der Waals surface area contributed by atoms with Gasteiger partial charge in [-0.2, -0.15) is 0 Å². The Bertz CT molecular complexity index is 950. The SMILES string of the molecule is CCOC(=O)Cc1ccc(OC)c(-c2ncc(C)cc2CN(CC)C(=O)OC(C)(C)C)c1. The van der Waals surface area contributed by atoms with Crippen LogP contribution >= 0.6 is 0 Å². The molecule has 0 aliphatic carbocycles. The number of pyridine rings is 1. The molecule has 0 N–H and O–H groups in total. The molecule has 0 fully saturated rings. The maximum Gasteiger partial charge on any atom is 0.410 e. The maximum absolute atomic E-state index is 12.7. The van der Waals surface area contributed by atoms with E-state index in [-0.39, 0.29) is 18.5 Å². The molecule has 1 aromatic carbocycles. The summed E-state index contributed by atoms with van der Waals surface area (Å²) in [5, 5.41) is 0. The molecule has 1 amide bonds. The Hall–Kier alpha value is -3.09. The normalized spacial score (nSPS) is 11.1. The van der Waals surface area contributed by atoms with Crippen LogP contribution in [0.15, 0.2) is 30.5 Å². The summed E-state index contributed by atoms with van der Waals surface area (Å²) in [6, 6.07) is 7.56. The summed E-state index contributed by atoms with van der Waals surface area (Å²) in [6.07, 6.45) is 1.56. The minimum Gasteiger partial charge on any atom is -0.496 e. The Morgan fingerprint density at radius 3 is 2.44 bits per heavy atom. The first-order chi connectivity index (χ1) is 15.1. The molecule has 7 nitrogen and oxygen atoms in total. The third-order valence-corrected chi connectivity index (χ3v) is 4.67. The molecule has 174 valence electrons. The molecular weight excluding hydrogens is 408 g/mol. The van der Waals surface area contributed by atoms with Crippen molar-refractivity contribution in [1.29, 1.82) is 0 Å². The number of amides is 1. The minimum atomic E-state index is -0.581. The number of aryl methyl sites for hydroxylation is 1. The Balaban J connectivity index is 2.46. The second kappa shape index (κ2) is 11.0. The Labute approximate surface area is 190 Å². The fourth-order valence-electron chi connectivity index (χ4n) is 3.26. The number of carbonyl (C=O) groups excluding carboxylic acids is 2. The van der Waals surface area contributed by atoms with Crippen molar-refractivity contribution in [1.82, 2.24) is 9.88 Å². The molecule has 0 saturated carbocycles. The maximum atomic E-state index is 12.7. The molecule has 0 unspecified atom stereocenters. The number of methoxy groups -OCH3 is 1. The largest absolute Gasteiger partial charge is 0.496 e. The summed E-state index contributed by atoms with van der Waals surface area (Å²) in [5.41, 5.74) is 3.51. The number of carbonyl (C=O) groups is 2. The van der Waals surface area contributed by atoms with Crippen molar-refractivity contribution < 1.29 is 23.8 Å². The molecule has 0 radical (unpaired) electrons. The smallest absolute Gasteiger partial charge is 0.410 e. The second-order valence-electron chi connectivity index (χ2n) is 8.53. The van der Waals surface area contributed by atoms with E-state index in [9.17, 15) is 9.59 Å². The molecule has 0 atom stereocenters. The molecule has 2 aromatic rings. The number of nitrogens with zero attached hydrogens (tertiary/aromatic N) is 2. The summed E-state index contributed by atoms with van der Waals surface area (Å²) in [5.74, 6) is 0.346. The summed E-state index contributed by atoms with van der Waals surface area (Å²) in [7, 11) is 1.59. The van der Waals surface area contributed by atoms with Crippen molar-refractivity contribution in [2.75, 3.05) is 20.3 Å². The molecule has 7 heteroatoms. The van der Waals surface area contributed by atoms with Gasteiger partial charge in [0.25, 0.3) is 0 Å². The Morgan fingerprint density at radius 2 is 1.84 bits per heavy atom. The molecule has 0 bridgehead atoms. The number of benzene rings is 1. The van der Waals surface area contributed by atoms with Gasteiger partial charge in [0, 0.05) is 18.3 Å². The van der Waals surface area contributed by atoms with Crippen molar-refractivity contribution in [3.63, 3.8) is 0 Å². The van der Waals surface area contributed by atoms with Gasteiger partial charge in [0.15, 0.2) is 0 Å². The number of esters is 1. The van der Waals surface area contributed by atoms with E-state index in [1.54, 1.807) is 25.1 Å². The van der Waals surface area contributed by atoms with Crippen LogP contribution in [0.25, 0.3) is 11.3 Å². The molecule has 1 aromatic heterocycles. The van der Waals surface area contributed by atoms with Gasteiger partial charge in [-0.15, -0.1) is 0 Å². The molecule has 2 rings (SSSR count). The fraction of sp³-hybridized carbons (Fsp3) is 0.480. The van der Waals surface area contributed by atoms with E-state index in [2.05, 4.69) is 4.98 Å². The lowest BCUT2D eigenvalue weighted by Crippen LogP contribution is -2.36. The van der Waals surface area contributed by atoms with E-state index in [0.717, 1.165) is 22.3 Å². The van der Waals surface area contributed by atoms with Gasteiger partial charge >= 0.3 is 12.1 Å². The molecule has 0 saturated heterocycles. The van der Waals surface area contributed by atoms with Crippen LogP contribution in [0, 0.1) is 6.92 Å². The minimum absolute atomic E-state index is 0.158. The highest BCUT2D eigenvalue weighted by Gasteiger charge is 2.23. The summed E-state index contributed by atoms with van der Waals surface area (Å²) in [4.78, 5) is 31.0. The molecular formula is C25H34N2O5. The number of hydrogen-bond acceptors (Lipinski definition) is 6. The molecule has 32 heavy (non-hydrogen) atoms. The van der Waals surface area contributed by atoms with E-state index in [0.29, 0.717) is 31.1 Å². The lowest BCUT2D eigenvalue weighted by Gasteiger charge is -2.27. The standard InChI is InChI=1S/C25H34N2O5/c1-8-27(24(29)32-25(4,5)6)16-19-12-17(3)15-26-23(19)20-13-18(10-11-21(20)30-7)14-22(28)31-9-2/h10-13,15H,8-9,14,16H2,1-7H3. The first-order valence-electron chi connectivity index (χ1n) is 10.8. The van der Waals surface area contributed by atoms with Crippen LogP contribution in [0.4, 0.5) is 4.79 Å². The van der Waals surface area contributed by atoms with Crippen LogP contribution in [-0.2, 0) is 27.2 Å². The first kappa shape index (κ1) is 25.2. The van der Waals surface area contributed by atoms with E-state index < -0.39 is 5.60 Å². The van der Waals surface area contributed by atoms with Gasteiger partial charge in [0.2, 0.25) is 0 Å². The van der Waals surface area contributed by atoms with E-state index in [1.165, 1.54) is 0 Å². The van der Waals surface area contributed by atoms with Crippen molar-refractivity contribution in [3.05, 3.63) is 47.2 Å². The molecule has 0 spiro atoms. The van der Waals surface area contributed by atoms with Gasteiger partial charge in [0.05, 0.1) is 32.4 Å². The number of aromatic nitrogens is 1. The zero-order valence-electron chi connectivity index (χ0n) is 20.2. The van der Waals surface area contributed by atoms with Crippen LogP contribution in [-0.4, -0.2) is 47.8 Å². The fourth-order valence-corrected chi connectivity index (χ4v) is 3.26. The predicted octanol–water partition coefficient (Wildman–Crippen LogP) is 4.93. The van der Waals surface area contributed by atoms with Crippen molar-refractivity contribution >= 4 is 12.1 Å². The zero-order valence-corrected chi connectivity index (χ0v) is 20.2. The summed E-state index contributed by atoms with van der Waals surface area (Å²) >= 11 is 0. The van der Waals surface area contributed by atoms with Crippen LogP contribution in [0.3, 0.4) is 0 Å². The highest BCUT2D eigenvalue weighted by atomic mass is 16.6. The number of hydrogen-bond donors (Lipinski definition) is 0. The second-order valence-corrected chi connectivity index (χ2v) is 8.53. The third-order valence-electron chi connectivity index (χ3n) is 4.67. The zero-order chi connectivity index (χ0) is 23.9. The van der Waals surface area contributed by atoms with Crippen molar-refractivity contribution in [2.24, 2.45) is 0 Å². The number of ether oxygens (including phenoxy) is 3. The van der Waals surface area contributed by atoms with Crippen LogP contribution in [0.1, 0.15) is 51.3 Å². The van der Waals surface area contributed by atoms with Crippen molar-refractivity contribution in [2.45, 2.75) is 60.1 Å². The lowest BCUT2D eigenvalue weighted by molar-refractivity contribution is -0.142. The Morgan fingerprint density at radius 1 is 1.12 bits per heavy atom. The van der Waals surface area contributed by atoms with Gasteiger partial charge in [-0.3, -0.25) is 9.78 Å². The van der Waals surface area contributed by atoms with E-state index in [4.69, 9.17) is 14.2 Å². The Kier molecular flexibility index (Phi) is 8.63.